The largest absolute Gasteiger partial charge is 0.493 e. The summed E-state index contributed by atoms with van der Waals surface area (Å²) in [7, 11) is 0. The Labute approximate surface area is 143 Å². The van der Waals surface area contributed by atoms with E-state index >= 15 is 0 Å². The molecule has 1 saturated carbocycles. The second-order valence-corrected chi connectivity index (χ2v) is 7.04. The lowest BCUT2D eigenvalue weighted by molar-refractivity contribution is -0.143. The number of nitrogens with zero attached hydrogens (tertiary/aromatic N) is 1. The normalized spacial score (nSPS) is 15.2. The minimum Gasteiger partial charge on any atom is -0.493 e. The molecule has 1 aliphatic rings. The second-order valence-electron chi connectivity index (χ2n) is 7.04. The van der Waals surface area contributed by atoms with E-state index in [0.29, 0.717) is 18.9 Å². The van der Waals surface area contributed by atoms with Crippen molar-refractivity contribution in [3.8, 4) is 5.75 Å². The highest BCUT2D eigenvalue weighted by molar-refractivity contribution is 5.80. The van der Waals surface area contributed by atoms with Crippen LogP contribution in [0.1, 0.15) is 39.2 Å². The van der Waals surface area contributed by atoms with Gasteiger partial charge in [0.2, 0.25) is 5.91 Å². The van der Waals surface area contributed by atoms with Gasteiger partial charge in [0, 0.05) is 12.6 Å². The van der Waals surface area contributed by atoms with Gasteiger partial charge in [-0.05, 0) is 36.5 Å². The van der Waals surface area contributed by atoms with Crippen LogP contribution in [0.5, 0.6) is 5.75 Å². The van der Waals surface area contributed by atoms with Crippen LogP contribution in [0.2, 0.25) is 0 Å². The maximum absolute atomic E-state index is 12.6. The Hall–Kier alpha value is -2.04. The first kappa shape index (κ1) is 18.3. The summed E-state index contributed by atoms with van der Waals surface area (Å²) in [6, 6.07) is 7.78. The Morgan fingerprint density at radius 2 is 1.83 bits per heavy atom. The van der Waals surface area contributed by atoms with Gasteiger partial charge in [-0.2, -0.15) is 0 Å². The second kappa shape index (κ2) is 8.18. The maximum atomic E-state index is 12.6. The molecule has 5 nitrogen and oxygen atoms in total. The Bertz CT molecular complexity index is 563. The number of carbonyl (C=O) groups is 2. The first-order chi connectivity index (χ1) is 11.4. The van der Waals surface area contributed by atoms with Gasteiger partial charge in [0.15, 0.2) is 0 Å². The molecule has 1 N–H and O–H groups in total. The third-order valence-corrected chi connectivity index (χ3v) is 4.06. The molecule has 0 bridgehead atoms. The van der Waals surface area contributed by atoms with E-state index < -0.39 is 11.9 Å². The average molecular weight is 333 g/mol. The Morgan fingerprint density at radius 3 is 2.33 bits per heavy atom. The molecule has 1 aromatic rings. The van der Waals surface area contributed by atoms with E-state index in [1.54, 1.807) is 11.8 Å². The number of carbonyl (C=O) groups excluding carboxylic acids is 1. The van der Waals surface area contributed by atoms with Crippen LogP contribution in [-0.2, 0) is 16.0 Å². The van der Waals surface area contributed by atoms with Crippen molar-refractivity contribution in [1.29, 1.82) is 0 Å². The van der Waals surface area contributed by atoms with E-state index in [4.69, 9.17) is 9.84 Å². The maximum Gasteiger partial charge on any atom is 0.308 e. The number of hydrogen-bond acceptors (Lipinski definition) is 3. The van der Waals surface area contributed by atoms with Gasteiger partial charge >= 0.3 is 5.97 Å². The molecule has 1 amide bonds. The zero-order chi connectivity index (χ0) is 17.7. The Morgan fingerprint density at radius 1 is 1.21 bits per heavy atom. The van der Waals surface area contributed by atoms with Gasteiger partial charge in [0.1, 0.15) is 5.75 Å². The van der Waals surface area contributed by atoms with Crippen molar-refractivity contribution in [2.45, 2.75) is 46.1 Å². The van der Waals surface area contributed by atoms with E-state index in [1.165, 1.54) is 0 Å². The lowest BCUT2D eigenvalue weighted by Gasteiger charge is -2.24. The molecule has 24 heavy (non-hydrogen) atoms. The van der Waals surface area contributed by atoms with Gasteiger partial charge in [0.05, 0.1) is 18.9 Å². The van der Waals surface area contributed by atoms with Crippen LogP contribution in [0.3, 0.4) is 0 Å². The molecule has 1 unspecified atom stereocenters. The number of carboxylic acid groups (broad SMARTS) is 1. The first-order valence-electron chi connectivity index (χ1n) is 8.60. The molecule has 0 spiro atoms. The van der Waals surface area contributed by atoms with Crippen molar-refractivity contribution in [3.05, 3.63) is 29.8 Å². The van der Waals surface area contributed by atoms with Crippen LogP contribution in [0, 0.1) is 11.8 Å². The van der Waals surface area contributed by atoms with Gasteiger partial charge in [0.25, 0.3) is 0 Å². The van der Waals surface area contributed by atoms with Crippen molar-refractivity contribution in [2.75, 3.05) is 13.2 Å². The van der Waals surface area contributed by atoms with Crippen molar-refractivity contribution < 1.29 is 19.4 Å². The molecule has 5 heteroatoms. The predicted molar refractivity (Wildman–Crippen MR) is 92.0 cm³/mol. The average Bonchev–Trinajstić information content (AvgIpc) is 3.36. The van der Waals surface area contributed by atoms with Gasteiger partial charge in [-0.3, -0.25) is 9.59 Å². The molecule has 0 saturated heterocycles. The number of aliphatic carboxylic acids is 1. The van der Waals surface area contributed by atoms with Crippen LogP contribution in [-0.4, -0.2) is 41.1 Å². The molecule has 0 aliphatic heterocycles. The Balaban J connectivity index is 1.93. The summed E-state index contributed by atoms with van der Waals surface area (Å²) in [4.78, 5) is 25.3. The van der Waals surface area contributed by atoms with E-state index in [-0.39, 0.29) is 18.5 Å². The van der Waals surface area contributed by atoms with Crippen molar-refractivity contribution in [2.24, 2.45) is 11.8 Å². The topological polar surface area (TPSA) is 66.8 Å². The molecular weight excluding hydrogens is 306 g/mol. The number of carboxylic acids is 1. The van der Waals surface area contributed by atoms with Crippen LogP contribution in [0.4, 0.5) is 0 Å². The molecule has 0 radical (unpaired) electrons. The fourth-order valence-corrected chi connectivity index (χ4v) is 2.46. The van der Waals surface area contributed by atoms with Crippen LogP contribution in [0.25, 0.3) is 0 Å². The number of rotatable bonds is 9. The molecule has 132 valence electrons. The molecule has 0 aromatic heterocycles. The minimum atomic E-state index is -0.861. The fraction of sp³-hybridized carbons (Fsp3) is 0.579. The number of amides is 1. The summed E-state index contributed by atoms with van der Waals surface area (Å²) in [5, 5.41) is 9.07. The number of hydrogen-bond donors (Lipinski definition) is 1. The van der Waals surface area contributed by atoms with E-state index in [1.807, 2.05) is 24.3 Å². The van der Waals surface area contributed by atoms with Gasteiger partial charge < -0.3 is 14.7 Å². The SMILES string of the molecule is CC(C)COc1ccc(CC(=O)N(CC(C)C(=O)O)C2CC2)cc1. The summed E-state index contributed by atoms with van der Waals surface area (Å²) in [6.45, 7) is 6.79. The van der Waals surface area contributed by atoms with Gasteiger partial charge in [-0.1, -0.05) is 32.9 Å². The minimum absolute atomic E-state index is 0.00134. The third kappa shape index (κ3) is 5.55. The standard InChI is InChI=1S/C19H27NO4/c1-13(2)12-24-17-8-4-15(5-9-17)10-18(21)20(16-6-7-16)11-14(3)19(22)23/h4-5,8-9,13-14,16H,6-7,10-12H2,1-3H3,(H,22,23). The Kier molecular flexibility index (Phi) is 6.23. The highest BCUT2D eigenvalue weighted by Crippen LogP contribution is 2.28. The number of benzene rings is 1. The van der Waals surface area contributed by atoms with Gasteiger partial charge in [-0.15, -0.1) is 0 Å². The highest BCUT2D eigenvalue weighted by atomic mass is 16.5. The van der Waals surface area contributed by atoms with Crippen molar-refractivity contribution in [3.63, 3.8) is 0 Å². The molecule has 1 atom stereocenters. The zero-order valence-corrected chi connectivity index (χ0v) is 14.7. The van der Waals surface area contributed by atoms with Crippen LogP contribution >= 0.6 is 0 Å². The predicted octanol–water partition coefficient (Wildman–Crippen LogP) is 2.98. The van der Waals surface area contributed by atoms with Crippen LogP contribution < -0.4 is 4.74 Å². The third-order valence-electron chi connectivity index (χ3n) is 4.06. The first-order valence-corrected chi connectivity index (χ1v) is 8.60. The number of ether oxygens (including phenoxy) is 1. The molecule has 1 aromatic carbocycles. The summed E-state index contributed by atoms with van der Waals surface area (Å²) < 4.78 is 5.64. The van der Waals surface area contributed by atoms with Crippen molar-refractivity contribution >= 4 is 11.9 Å². The molecule has 2 rings (SSSR count). The summed E-state index contributed by atoms with van der Waals surface area (Å²) in [5.74, 6) is -0.129. The molecule has 1 aliphatic carbocycles. The lowest BCUT2D eigenvalue weighted by atomic mass is 10.1. The van der Waals surface area contributed by atoms with E-state index in [2.05, 4.69) is 13.8 Å². The summed E-state index contributed by atoms with van der Waals surface area (Å²) in [6.07, 6.45) is 2.24. The monoisotopic (exact) mass is 333 g/mol. The van der Waals surface area contributed by atoms with E-state index in [9.17, 15) is 9.59 Å². The summed E-state index contributed by atoms with van der Waals surface area (Å²) in [5.41, 5.74) is 0.922. The quantitative estimate of drug-likeness (QED) is 0.754. The highest BCUT2D eigenvalue weighted by Gasteiger charge is 2.34. The fourth-order valence-electron chi connectivity index (χ4n) is 2.46. The summed E-state index contributed by atoms with van der Waals surface area (Å²) >= 11 is 0. The lowest BCUT2D eigenvalue weighted by Crippen LogP contribution is -2.39. The molecular formula is C19H27NO4. The van der Waals surface area contributed by atoms with Gasteiger partial charge in [-0.25, -0.2) is 0 Å². The molecule has 1 fully saturated rings. The van der Waals surface area contributed by atoms with E-state index in [0.717, 1.165) is 24.2 Å². The molecule has 0 heterocycles. The smallest absolute Gasteiger partial charge is 0.308 e. The van der Waals surface area contributed by atoms with Crippen molar-refractivity contribution in [1.82, 2.24) is 4.90 Å². The zero-order valence-electron chi connectivity index (χ0n) is 14.7. The van der Waals surface area contributed by atoms with Crippen LogP contribution in [0.15, 0.2) is 24.3 Å².